The van der Waals surface area contributed by atoms with E-state index in [1.165, 1.54) is 23.5 Å². The quantitative estimate of drug-likeness (QED) is 0.440. The third-order valence-electron chi connectivity index (χ3n) is 7.42. The van der Waals surface area contributed by atoms with Gasteiger partial charge in [0.2, 0.25) is 0 Å². The van der Waals surface area contributed by atoms with Crippen molar-refractivity contribution in [2.75, 3.05) is 39.3 Å². The highest BCUT2D eigenvalue weighted by Gasteiger charge is 2.49. The number of hydrogen-bond donors (Lipinski definition) is 2. The summed E-state index contributed by atoms with van der Waals surface area (Å²) in [7, 11) is 0. The number of aliphatic carboxylic acids is 1. The van der Waals surface area contributed by atoms with Crippen LogP contribution in [0.25, 0.3) is 0 Å². The summed E-state index contributed by atoms with van der Waals surface area (Å²) in [6.07, 6.45) is 0. The van der Waals surface area contributed by atoms with Gasteiger partial charge in [-0.25, -0.2) is 19.0 Å². The van der Waals surface area contributed by atoms with Crippen LogP contribution in [0.4, 0.5) is 9.18 Å². The molecule has 14 heteroatoms. The molecule has 2 aromatic rings. The third-order valence-corrected chi connectivity index (χ3v) is 8.79. The Bertz CT molecular complexity index is 1450. The highest BCUT2D eigenvalue weighted by Crippen LogP contribution is 2.38. The second-order valence-electron chi connectivity index (χ2n) is 9.89. The lowest BCUT2D eigenvalue weighted by atomic mass is 9.94. The zero-order valence-electron chi connectivity index (χ0n) is 22.8. The van der Waals surface area contributed by atoms with Gasteiger partial charge in [-0.1, -0.05) is 23.7 Å². The van der Waals surface area contributed by atoms with Gasteiger partial charge >= 0.3 is 18.0 Å². The van der Waals surface area contributed by atoms with Crippen molar-refractivity contribution in [1.29, 1.82) is 0 Å². The maximum atomic E-state index is 14.6. The number of piperazine rings is 1. The number of carbonyl (C=O) groups is 3. The molecule has 3 aliphatic rings. The number of nitrogens with zero attached hydrogens (tertiary/aromatic N) is 5. The number of aliphatic imine (C=N–C) groups is 1. The van der Waals surface area contributed by atoms with Crippen LogP contribution in [0.3, 0.4) is 0 Å². The molecule has 1 aromatic carbocycles. The van der Waals surface area contributed by atoms with Crippen molar-refractivity contribution in [3.63, 3.8) is 0 Å². The predicted molar refractivity (Wildman–Crippen MR) is 150 cm³/mol. The highest BCUT2D eigenvalue weighted by molar-refractivity contribution is 7.11. The molecule has 3 aliphatic heterocycles. The molecule has 41 heavy (non-hydrogen) atoms. The summed E-state index contributed by atoms with van der Waals surface area (Å²) in [4.78, 5) is 53.1. The normalized spacial score (nSPS) is 22.9. The minimum absolute atomic E-state index is 0.00256. The summed E-state index contributed by atoms with van der Waals surface area (Å²) in [6, 6.07) is 1.49. The molecule has 0 unspecified atom stereocenters. The van der Waals surface area contributed by atoms with Crippen LogP contribution < -0.4 is 5.32 Å². The van der Waals surface area contributed by atoms with Crippen molar-refractivity contribution in [2.45, 2.75) is 38.9 Å². The molecule has 2 amide bonds. The first kappa shape index (κ1) is 29.0. The summed E-state index contributed by atoms with van der Waals surface area (Å²) in [5, 5.41) is 15.7. The number of benzene rings is 1. The molecule has 0 spiro atoms. The number of likely N-dealkylation sites (N-methyl/N-ethyl adjacent to an activating group) is 1. The lowest BCUT2D eigenvalue weighted by Gasteiger charge is -2.42. The molecule has 2 saturated heterocycles. The third kappa shape index (κ3) is 5.41. The molecule has 218 valence electrons. The van der Waals surface area contributed by atoms with Crippen molar-refractivity contribution >= 4 is 46.7 Å². The zero-order chi connectivity index (χ0) is 29.4. The average molecular weight is 605 g/mol. The monoisotopic (exact) mass is 604 g/mol. The Morgan fingerprint density at radius 1 is 1.29 bits per heavy atom. The number of carbonyl (C=O) groups excluding carboxylic acids is 2. The van der Waals surface area contributed by atoms with Gasteiger partial charge in [0.05, 0.1) is 23.2 Å². The fourth-order valence-electron chi connectivity index (χ4n) is 5.54. The molecular weight excluding hydrogens is 575 g/mol. The van der Waals surface area contributed by atoms with Crippen molar-refractivity contribution < 1.29 is 28.6 Å². The summed E-state index contributed by atoms with van der Waals surface area (Å²) in [5.41, 5.74) is 1.48. The molecule has 11 nitrogen and oxygen atoms in total. The lowest BCUT2D eigenvalue weighted by molar-refractivity contribution is -0.147. The van der Waals surface area contributed by atoms with Crippen LogP contribution in [0.15, 0.2) is 39.8 Å². The summed E-state index contributed by atoms with van der Waals surface area (Å²) in [6.45, 7) is 6.78. The van der Waals surface area contributed by atoms with Gasteiger partial charge in [0, 0.05) is 55.1 Å². The van der Waals surface area contributed by atoms with Crippen LogP contribution in [0, 0.1) is 12.7 Å². The molecule has 0 bridgehead atoms. The van der Waals surface area contributed by atoms with Gasteiger partial charge < -0.3 is 25.0 Å². The number of hydrogen-bond acceptors (Lipinski definition) is 9. The second-order valence-corrected chi connectivity index (χ2v) is 11.1. The van der Waals surface area contributed by atoms with E-state index in [0.717, 1.165) is 5.69 Å². The minimum atomic E-state index is -1.08. The van der Waals surface area contributed by atoms with Gasteiger partial charge in [-0.15, -0.1) is 11.3 Å². The smallest absolute Gasteiger partial charge is 0.338 e. The lowest BCUT2D eigenvalue weighted by Crippen LogP contribution is -2.62. The summed E-state index contributed by atoms with van der Waals surface area (Å²) in [5.74, 6) is -2.08. The van der Waals surface area contributed by atoms with Crippen molar-refractivity contribution in [3.8, 4) is 0 Å². The van der Waals surface area contributed by atoms with Crippen molar-refractivity contribution in [1.82, 2.24) is 25.0 Å². The Balaban J connectivity index is 1.60. The number of fused-ring (bicyclic) bond motifs is 1. The number of ether oxygens (including phenoxy) is 1. The number of carboxylic acid groups (broad SMARTS) is 1. The Kier molecular flexibility index (Phi) is 8.30. The molecule has 2 fully saturated rings. The SMILES string of the molecule is CCOC(=O)C1=C(CN2CCN3C(=O)N(CC)C[C@H]3[C@@H]2C(=O)O)NC(c2nc(C)cs2)=N[C@H]1c1cccc(F)c1Cl. The van der Waals surface area contributed by atoms with E-state index in [-0.39, 0.29) is 48.4 Å². The first-order valence-corrected chi connectivity index (χ1v) is 14.5. The van der Waals surface area contributed by atoms with Crippen LogP contribution in [0.2, 0.25) is 5.02 Å². The van der Waals surface area contributed by atoms with Crippen LogP contribution >= 0.6 is 22.9 Å². The number of amidine groups is 1. The molecule has 3 atom stereocenters. The molecule has 0 radical (unpaired) electrons. The van der Waals surface area contributed by atoms with Crippen molar-refractivity contribution in [2.24, 2.45) is 4.99 Å². The maximum Gasteiger partial charge on any atom is 0.338 e. The summed E-state index contributed by atoms with van der Waals surface area (Å²) >= 11 is 7.74. The van der Waals surface area contributed by atoms with Gasteiger partial charge in [-0.2, -0.15) is 0 Å². The number of rotatable bonds is 8. The Morgan fingerprint density at radius 2 is 2.07 bits per heavy atom. The van der Waals surface area contributed by atoms with Gasteiger partial charge in [0.25, 0.3) is 0 Å². The highest BCUT2D eigenvalue weighted by atomic mass is 35.5. The van der Waals surface area contributed by atoms with E-state index in [2.05, 4.69) is 10.3 Å². The number of esters is 1. The molecule has 4 heterocycles. The fourth-order valence-corrected chi connectivity index (χ4v) is 6.52. The molecule has 0 saturated carbocycles. The molecule has 2 N–H and O–H groups in total. The van der Waals surface area contributed by atoms with Crippen molar-refractivity contribution in [3.05, 3.63) is 62.0 Å². The zero-order valence-corrected chi connectivity index (χ0v) is 24.3. The average Bonchev–Trinajstić information content (AvgIpc) is 3.52. The number of aryl methyl sites for hydroxylation is 1. The second kappa shape index (κ2) is 11.7. The fraction of sp³-hybridized carbons (Fsp3) is 0.444. The Labute approximate surface area is 245 Å². The number of carboxylic acids is 1. The van der Waals surface area contributed by atoms with E-state index in [1.54, 1.807) is 27.7 Å². The first-order chi connectivity index (χ1) is 19.6. The summed E-state index contributed by atoms with van der Waals surface area (Å²) < 4.78 is 20.0. The van der Waals surface area contributed by atoms with E-state index >= 15 is 0 Å². The topological polar surface area (TPSA) is 128 Å². The van der Waals surface area contributed by atoms with Crippen LogP contribution in [-0.4, -0.2) is 100 Å². The van der Waals surface area contributed by atoms with E-state index in [9.17, 15) is 23.9 Å². The van der Waals surface area contributed by atoms with Gasteiger partial charge in [0.1, 0.15) is 17.9 Å². The Morgan fingerprint density at radius 3 is 2.73 bits per heavy atom. The van der Waals surface area contributed by atoms with Gasteiger partial charge in [-0.05, 0) is 26.8 Å². The minimum Gasteiger partial charge on any atom is -0.480 e. The molecule has 0 aliphatic carbocycles. The largest absolute Gasteiger partial charge is 0.480 e. The number of halogens is 2. The number of nitrogens with one attached hydrogen (secondary N) is 1. The van der Waals surface area contributed by atoms with Crippen LogP contribution in [-0.2, 0) is 14.3 Å². The van der Waals surface area contributed by atoms with E-state index in [0.29, 0.717) is 29.6 Å². The standard InChI is InChI=1S/C27H30ClFN6O5S/c1-4-33-12-18-22(25(36)37)34(9-10-35(18)27(33)39)11-17-19(26(38)40-5-2)21(15-7-6-8-16(29)20(15)28)32-23(31-17)24-30-14(3)13-41-24/h6-8,13,18,21-22H,4-5,9-12H2,1-3H3,(H,31,32)(H,36,37)/t18-,21-,22+/m0/s1. The van der Waals surface area contributed by atoms with Gasteiger partial charge in [0.15, 0.2) is 10.8 Å². The number of amides is 2. The van der Waals surface area contributed by atoms with E-state index in [4.69, 9.17) is 21.3 Å². The number of thiazole rings is 1. The molecule has 1 aromatic heterocycles. The van der Waals surface area contributed by atoms with Crippen LogP contribution in [0.1, 0.15) is 36.2 Å². The van der Waals surface area contributed by atoms with Crippen LogP contribution in [0.5, 0.6) is 0 Å². The molecular formula is C27H30ClFN6O5S. The maximum absolute atomic E-state index is 14.6. The van der Waals surface area contributed by atoms with Gasteiger partial charge in [-0.3, -0.25) is 14.7 Å². The number of urea groups is 1. The first-order valence-electron chi connectivity index (χ1n) is 13.3. The van der Waals surface area contributed by atoms with E-state index < -0.39 is 35.9 Å². The molecule has 5 rings (SSSR count). The van der Waals surface area contributed by atoms with E-state index in [1.807, 2.05) is 19.2 Å². The predicted octanol–water partition coefficient (Wildman–Crippen LogP) is 3.05. The number of aromatic nitrogens is 1. The Hall–Kier alpha value is -3.55.